The van der Waals surface area contributed by atoms with E-state index in [1.807, 2.05) is 30.3 Å². The number of Topliss-reactive ketones (excluding diaryl/α,β-unsaturated/α-hetero) is 1. The Morgan fingerprint density at radius 3 is 2.17 bits per heavy atom. The fourth-order valence-corrected chi connectivity index (χ4v) is 3.06. The molecule has 1 aromatic rings. The van der Waals surface area contributed by atoms with Crippen LogP contribution in [0.1, 0.15) is 83.2 Å². The smallest absolute Gasteiger partial charge is 0.159 e. The van der Waals surface area contributed by atoms with E-state index in [2.05, 4.69) is 19.3 Å². The van der Waals surface area contributed by atoms with Gasteiger partial charge in [-0.15, -0.1) is 0 Å². The molecule has 23 heavy (non-hydrogen) atoms. The number of rotatable bonds is 13. The lowest BCUT2D eigenvalue weighted by molar-refractivity contribution is -0.128. The molecule has 3 nitrogen and oxygen atoms in total. The molecule has 130 valence electrons. The van der Waals surface area contributed by atoms with E-state index >= 15 is 0 Å². The van der Waals surface area contributed by atoms with Gasteiger partial charge < -0.3 is 5.21 Å². The van der Waals surface area contributed by atoms with Gasteiger partial charge in [0, 0.05) is 5.92 Å². The standard InChI is InChI=1S/C20H33NO2/c1-3-5-7-8-10-16-18(13-6-4-2)20(22)19(21-23)17-14-11-9-12-15-17/h9,11-12,14-15,18-19,21,23H,3-8,10,13,16H2,1-2H3. The first-order chi connectivity index (χ1) is 11.2. The second kappa shape index (κ2) is 12.3. The van der Waals surface area contributed by atoms with E-state index < -0.39 is 6.04 Å². The van der Waals surface area contributed by atoms with Gasteiger partial charge in [0.25, 0.3) is 0 Å². The van der Waals surface area contributed by atoms with Crippen molar-refractivity contribution in [2.75, 3.05) is 0 Å². The average molecular weight is 319 g/mol. The highest BCUT2D eigenvalue weighted by molar-refractivity contribution is 5.87. The van der Waals surface area contributed by atoms with Crippen LogP contribution in [-0.4, -0.2) is 11.0 Å². The first-order valence-corrected chi connectivity index (χ1v) is 9.22. The zero-order valence-corrected chi connectivity index (χ0v) is 14.8. The Morgan fingerprint density at radius 2 is 1.57 bits per heavy atom. The van der Waals surface area contributed by atoms with Crippen LogP contribution in [0.3, 0.4) is 0 Å². The van der Waals surface area contributed by atoms with Crippen LogP contribution in [0, 0.1) is 5.92 Å². The predicted octanol–water partition coefficient (Wildman–Crippen LogP) is 5.44. The van der Waals surface area contributed by atoms with Crippen LogP contribution >= 0.6 is 0 Å². The molecule has 0 radical (unpaired) electrons. The number of hydroxylamine groups is 1. The van der Waals surface area contributed by atoms with Crippen LogP contribution < -0.4 is 5.48 Å². The SMILES string of the molecule is CCCCCCCC(CCCC)C(=O)C(NO)c1ccccc1. The van der Waals surface area contributed by atoms with E-state index in [1.165, 1.54) is 25.7 Å². The summed E-state index contributed by atoms with van der Waals surface area (Å²) < 4.78 is 0. The number of hydrogen-bond acceptors (Lipinski definition) is 3. The van der Waals surface area contributed by atoms with E-state index in [-0.39, 0.29) is 11.7 Å². The molecular weight excluding hydrogens is 286 g/mol. The van der Waals surface area contributed by atoms with Gasteiger partial charge in [0.05, 0.1) is 0 Å². The molecule has 1 aromatic carbocycles. The number of nitrogens with one attached hydrogen (secondary N) is 1. The van der Waals surface area contributed by atoms with Crippen molar-refractivity contribution in [3.63, 3.8) is 0 Å². The molecule has 2 atom stereocenters. The number of benzene rings is 1. The van der Waals surface area contributed by atoms with Gasteiger partial charge in [0.1, 0.15) is 6.04 Å². The minimum Gasteiger partial charge on any atom is -0.316 e. The third-order valence-corrected chi connectivity index (χ3v) is 4.51. The molecule has 2 N–H and O–H groups in total. The first-order valence-electron chi connectivity index (χ1n) is 9.22. The van der Waals surface area contributed by atoms with Crippen molar-refractivity contribution < 1.29 is 10.0 Å². The summed E-state index contributed by atoms with van der Waals surface area (Å²) in [5, 5.41) is 9.49. The van der Waals surface area contributed by atoms with Gasteiger partial charge in [-0.3, -0.25) is 4.79 Å². The molecule has 0 fully saturated rings. The van der Waals surface area contributed by atoms with Crippen molar-refractivity contribution in [1.29, 1.82) is 0 Å². The minimum atomic E-state index is -0.603. The number of hydrogen-bond donors (Lipinski definition) is 2. The maximum atomic E-state index is 12.9. The Morgan fingerprint density at radius 1 is 0.957 bits per heavy atom. The zero-order valence-electron chi connectivity index (χ0n) is 14.8. The summed E-state index contributed by atoms with van der Waals surface area (Å²) in [6.45, 7) is 4.37. The number of ketones is 1. The highest BCUT2D eigenvalue weighted by Gasteiger charge is 2.27. The van der Waals surface area contributed by atoms with Gasteiger partial charge in [0.15, 0.2) is 5.78 Å². The fourth-order valence-electron chi connectivity index (χ4n) is 3.06. The number of carbonyl (C=O) groups excluding carboxylic acids is 1. The Labute approximate surface area is 141 Å². The molecule has 0 aliphatic heterocycles. The zero-order chi connectivity index (χ0) is 16.9. The van der Waals surface area contributed by atoms with Crippen LogP contribution in [0.5, 0.6) is 0 Å². The highest BCUT2D eigenvalue weighted by Crippen LogP contribution is 2.25. The predicted molar refractivity (Wildman–Crippen MR) is 95.5 cm³/mol. The topological polar surface area (TPSA) is 49.3 Å². The summed E-state index contributed by atoms with van der Waals surface area (Å²) >= 11 is 0. The van der Waals surface area contributed by atoms with Crippen molar-refractivity contribution in [1.82, 2.24) is 5.48 Å². The van der Waals surface area contributed by atoms with E-state index in [4.69, 9.17) is 0 Å². The number of unbranched alkanes of at least 4 members (excludes halogenated alkanes) is 5. The summed E-state index contributed by atoms with van der Waals surface area (Å²) in [4.78, 5) is 12.9. The maximum absolute atomic E-state index is 12.9. The third-order valence-electron chi connectivity index (χ3n) is 4.51. The lowest BCUT2D eigenvalue weighted by Crippen LogP contribution is -2.31. The van der Waals surface area contributed by atoms with Crippen LogP contribution in [0.25, 0.3) is 0 Å². The Balaban J connectivity index is 2.65. The quantitative estimate of drug-likeness (QED) is 0.376. The Hall–Kier alpha value is -1.19. The van der Waals surface area contributed by atoms with Crippen molar-refractivity contribution in [2.24, 2.45) is 5.92 Å². The molecular formula is C20H33NO2. The van der Waals surface area contributed by atoms with Gasteiger partial charge in [-0.1, -0.05) is 89.1 Å². The second-order valence-electron chi connectivity index (χ2n) is 6.42. The van der Waals surface area contributed by atoms with Crippen LogP contribution in [-0.2, 0) is 4.79 Å². The van der Waals surface area contributed by atoms with Gasteiger partial charge >= 0.3 is 0 Å². The number of carbonyl (C=O) groups is 1. The van der Waals surface area contributed by atoms with Crippen LogP contribution in [0.15, 0.2) is 30.3 Å². The van der Waals surface area contributed by atoms with Gasteiger partial charge in [-0.05, 0) is 18.4 Å². The third kappa shape index (κ3) is 7.28. The van der Waals surface area contributed by atoms with Crippen molar-refractivity contribution >= 4 is 5.78 Å². The molecule has 1 rings (SSSR count). The summed E-state index contributed by atoms with van der Waals surface area (Å²) in [6, 6.07) is 8.91. The van der Waals surface area contributed by atoms with E-state index in [0.717, 1.165) is 37.7 Å². The lowest BCUT2D eigenvalue weighted by atomic mass is 9.86. The average Bonchev–Trinajstić information content (AvgIpc) is 2.59. The summed E-state index contributed by atoms with van der Waals surface area (Å²) in [6.07, 6.45) is 10.1. The van der Waals surface area contributed by atoms with Crippen molar-refractivity contribution in [3.05, 3.63) is 35.9 Å². The highest BCUT2D eigenvalue weighted by atomic mass is 16.5. The molecule has 0 aliphatic carbocycles. The summed E-state index contributed by atoms with van der Waals surface area (Å²) in [5.74, 6) is 0.170. The molecule has 0 saturated carbocycles. The maximum Gasteiger partial charge on any atom is 0.159 e. The molecule has 0 saturated heterocycles. The molecule has 0 amide bonds. The fraction of sp³-hybridized carbons (Fsp3) is 0.650. The first kappa shape index (κ1) is 19.9. The van der Waals surface area contributed by atoms with Gasteiger partial charge in [-0.25, -0.2) is 0 Å². The lowest BCUT2D eigenvalue weighted by Gasteiger charge is -2.22. The normalized spacial score (nSPS) is 13.7. The van der Waals surface area contributed by atoms with Crippen molar-refractivity contribution in [3.8, 4) is 0 Å². The molecule has 2 unspecified atom stereocenters. The van der Waals surface area contributed by atoms with E-state index in [0.29, 0.717) is 0 Å². The van der Waals surface area contributed by atoms with Gasteiger partial charge in [-0.2, -0.15) is 5.48 Å². The molecule has 0 aromatic heterocycles. The Bertz CT molecular complexity index is 419. The van der Waals surface area contributed by atoms with Crippen molar-refractivity contribution in [2.45, 2.75) is 77.7 Å². The largest absolute Gasteiger partial charge is 0.316 e. The van der Waals surface area contributed by atoms with E-state index in [9.17, 15) is 10.0 Å². The minimum absolute atomic E-state index is 0.0430. The molecule has 0 spiro atoms. The van der Waals surface area contributed by atoms with Gasteiger partial charge in [0.2, 0.25) is 0 Å². The van der Waals surface area contributed by atoms with E-state index in [1.54, 1.807) is 0 Å². The summed E-state index contributed by atoms with van der Waals surface area (Å²) in [7, 11) is 0. The van der Waals surface area contributed by atoms with Crippen LogP contribution in [0.2, 0.25) is 0 Å². The molecule has 0 heterocycles. The second-order valence-corrected chi connectivity index (χ2v) is 6.42. The monoisotopic (exact) mass is 319 g/mol. The molecule has 0 bridgehead atoms. The summed E-state index contributed by atoms with van der Waals surface area (Å²) in [5.41, 5.74) is 3.08. The Kier molecular flexibility index (Phi) is 10.6. The molecule has 3 heteroatoms. The van der Waals surface area contributed by atoms with Crippen LogP contribution in [0.4, 0.5) is 0 Å². The molecule has 0 aliphatic rings.